The lowest BCUT2D eigenvalue weighted by Crippen LogP contribution is -2.16. The van der Waals surface area contributed by atoms with E-state index >= 15 is 0 Å². The average Bonchev–Trinajstić information content (AvgIpc) is 3.07. The van der Waals surface area contributed by atoms with E-state index in [0.29, 0.717) is 29.2 Å². The lowest BCUT2D eigenvalue weighted by Gasteiger charge is -2.13. The van der Waals surface area contributed by atoms with Gasteiger partial charge in [-0.1, -0.05) is 12.1 Å². The molecule has 0 saturated carbocycles. The van der Waals surface area contributed by atoms with Crippen LogP contribution in [0.3, 0.4) is 0 Å². The summed E-state index contributed by atoms with van der Waals surface area (Å²) in [5, 5.41) is 18.2. The summed E-state index contributed by atoms with van der Waals surface area (Å²) in [6, 6.07) is 11.4. The number of carbonyl (C=O) groups excluding carboxylic acids is 1. The monoisotopic (exact) mass is 487 g/mol. The molecule has 34 heavy (non-hydrogen) atoms. The zero-order valence-electron chi connectivity index (χ0n) is 19.2. The molecule has 0 bridgehead atoms. The van der Waals surface area contributed by atoms with Crippen LogP contribution in [-0.4, -0.2) is 41.9 Å². The lowest BCUT2D eigenvalue weighted by molar-refractivity contribution is -0.386. The maximum atomic E-state index is 12.7. The van der Waals surface area contributed by atoms with Crippen LogP contribution in [0.15, 0.2) is 42.5 Å². The fourth-order valence-corrected chi connectivity index (χ4v) is 3.98. The van der Waals surface area contributed by atoms with Crippen molar-refractivity contribution in [1.29, 1.82) is 0 Å². The van der Waals surface area contributed by atoms with Crippen LogP contribution >= 0.6 is 0 Å². The minimum atomic E-state index is -3.48. The number of sulfonamides is 1. The number of rotatable bonds is 9. The second kappa shape index (κ2) is 9.91. The van der Waals surface area contributed by atoms with E-state index < -0.39 is 14.9 Å². The van der Waals surface area contributed by atoms with Crippen molar-refractivity contribution in [3.8, 4) is 5.75 Å². The Balaban J connectivity index is 1.72. The van der Waals surface area contributed by atoms with Crippen LogP contribution in [0.2, 0.25) is 0 Å². The van der Waals surface area contributed by atoms with E-state index in [2.05, 4.69) is 15.1 Å². The van der Waals surface area contributed by atoms with Crippen LogP contribution in [0.1, 0.15) is 34.2 Å². The number of carbonyl (C=O) groups is 1. The molecule has 1 amide bonds. The number of methoxy groups -OCH3 is 1. The summed E-state index contributed by atoms with van der Waals surface area (Å²) in [6.07, 6.45) is 0. The van der Waals surface area contributed by atoms with Crippen LogP contribution in [0.25, 0.3) is 0 Å². The summed E-state index contributed by atoms with van der Waals surface area (Å²) >= 11 is 0. The maximum absolute atomic E-state index is 12.7. The first-order chi connectivity index (χ1) is 16.0. The lowest BCUT2D eigenvalue weighted by atomic mass is 10.1. The quantitative estimate of drug-likeness (QED) is 0.347. The second-order valence-electron chi connectivity index (χ2n) is 7.51. The smallest absolute Gasteiger partial charge is 0.312 e. The number of ether oxygens (including phenoxy) is 1. The Morgan fingerprint density at radius 3 is 2.41 bits per heavy atom. The molecular weight excluding hydrogens is 462 g/mol. The molecule has 2 N–H and O–H groups in total. The first-order valence-corrected chi connectivity index (χ1v) is 12.0. The molecule has 12 heteroatoms. The van der Waals surface area contributed by atoms with Gasteiger partial charge >= 0.3 is 5.69 Å². The Bertz CT molecular complexity index is 1330. The van der Waals surface area contributed by atoms with Gasteiger partial charge in [-0.2, -0.15) is 5.10 Å². The SMILES string of the molecule is CCS(=O)(=O)Nc1ccc(NC(=O)c2ccc(Cn3nc(C)c([N+](=O)[O-])c3C)cc2)cc1OC. The topological polar surface area (TPSA) is 145 Å². The second-order valence-corrected chi connectivity index (χ2v) is 9.52. The van der Waals surface area contributed by atoms with Crippen LogP contribution in [-0.2, 0) is 16.6 Å². The van der Waals surface area contributed by atoms with Crippen molar-refractivity contribution in [2.75, 3.05) is 22.9 Å². The molecule has 0 aliphatic carbocycles. The zero-order chi connectivity index (χ0) is 25.0. The normalized spacial score (nSPS) is 11.2. The highest BCUT2D eigenvalue weighted by Gasteiger charge is 2.21. The summed E-state index contributed by atoms with van der Waals surface area (Å²) in [4.78, 5) is 23.4. The van der Waals surface area contributed by atoms with Crippen molar-refractivity contribution in [2.24, 2.45) is 0 Å². The number of benzene rings is 2. The van der Waals surface area contributed by atoms with Gasteiger partial charge in [0.15, 0.2) is 0 Å². The van der Waals surface area contributed by atoms with Gasteiger partial charge in [0.25, 0.3) is 5.91 Å². The molecule has 2 aromatic carbocycles. The Hall–Kier alpha value is -3.93. The predicted molar refractivity (Wildman–Crippen MR) is 128 cm³/mol. The Morgan fingerprint density at radius 1 is 1.18 bits per heavy atom. The number of aryl methyl sites for hydroxylation is 1. The highest BCUT2D eigenvalue weighted by atomic mass is 32.2. The van der Waals surface area contributed by atoms with Crippen molar-refractivity contribution in [3.63, 3.8) is 0 Å². The van der Waals surface area contributed by atoms with Crippen LogP contribution in [0, 0.1) is 24.0 Å². The molecule has 0 aliphatic heterocycles. The van der Waals surface area contributed by atoms with Gasteiger partial charge in [-0.15, -0.1) is 0 Å². The number of amides is 1. The largest absolute Gasteiger partial charge is 0.494 e. The Kier molecular flexibility index (Phi) is 7.20. The minimum Gasteiger partial charge on any atom is -0.494 e. The summed E-state index contributed by atoms with van der Waals surface area (Å²) in [6.45, 7) is 5.09. The van der Waals surface area contributed by atoms with Gasteiger partial charge in [0.2, 0.25) is 10.0 Å². The number of hydrogen-bond acceptors (Lipinski definition) is 7. The van der Waals surface area contributed by atoms with Gasteiger partial charge in [0.05, 0.1) is 30.0 Å². The molecule has 0 unspecified atom stereocenters. The Morgan fingerprint density at radius 2 is 1.85 bits per heavy atom. The zero-order valence-corrected chi connectivity index (χ0v) is 20.0. The first kappa shape index (κ1) is 24.7. The number of hydrogen-bond donors (Lipinski definition) is 2. The maximum Gasteiger partial charge on any atom is 0.312 e. The molecular formula is C22H25N5O6S. The van der Waals surface area contributed by atoms with E-state index in [1.807, 2.05) is 0 Å². The number of aromatic nitrogens is 2. The molecule has 0 aliphatic rings. The van der Waals surface area contributed by atoms with E-state index in [1.165, 1.54) is 26.2 Å². The summed E-state index contributed by atoms with van der Waals surface area (Å²) < 4.78 is 32.9. The number of nitrogens with one attached hydrogen (secondary N) is 2. The van der Waals surface area contributed by atoms with Crippen molar-refractivity contribution in [3.05, 3.63) is 75.1 Å². The molecule has 0 atom stereocenters. The standard InChI is InChI=1S/C22H25N5O6S/c1-5-34(31,32)25-19-11-10-18(12-20(19)33-4)23-22(28)17-8-6-16(7-9-17)13-26-15(3)21(27(29)30)14(2)24-26/h6-12,25H,5,13H2,1-4H3,(H,23,28). The van der Waals surface area contributed by atoms with Gasteiger partial charge in [0.1, 0.15) is 17.1 Å². The van der Waals surface area contributed by atoms with E-state index in [9.17, 15) is 23.3 Å². The summed E-state index contributed by atoms with van der Waals surface area (Å²) in [5.74, 6) is -0.178. The summed E-state index contributed by atoms with van der Waals surface area (Å²) in [5.41, 5.74) is 2.74. The van der Waals surface area contributed by atoms with E-state index in [-0.39, 0.29) is 28.8 Å². The van der Waals surface area contributed by atoms with Crippen molar-refractivity contribution in [2.45, 2.75) is 27.3 Å². The first-order valence-electron chi connectivity index (χ1n) is 10.3. The van der Waals surface area contributed by atoms with Gasteiger partial charge in [-0.25, -0.2) is 8.42 Å². The minimum absolute atomic E-state index is 0.0000573. The van der Waals surface area contributed by atoms with Crippen LogP contribution in [0.5, 0.6) is 5.75 Å². The van der Waals surface area contributed by atoms with Crippen molar-refractivity contribution in [1.82, 2.24) is 9.78 Å². The summed E-state index contributed by atoms with van der Waals surface area (Å²) in [7, 11) is -2.07. The van der Waals surface area contributed by atoms with Crippen LogP contribution < -0.4 is 14.8 Å². The predicted octanol–water partition coefficient (Wildman–Crippen LogP) is 3.48. The third-order valence-electron chi connectivity index (χ3n) is 5.18. The molecule has 0 fully saturated rings. The van der Waals surface area contributed by atoms with E-state index in [0.717, 1.165) is 5.56 Å². The fraction of sp³-hybridized carbons (Fsp3) is 0.273. The van der Waals surface area contributed by atoms with Crippen molar-refractivity contribution >= 4 is 33.0 Å². The number of nitro groups is 1. The van der Waals surface area contributed by atoms with E-state index in [4.69, 9.17) is 4.74 Å². The third kappa shape index (κ3) is 5.52. The molecule has 180 valence electrons. The molecule has 0 spiro atoms. The third-order valence-corrected chi connectivity index (χ3v) is 6.47. The number of anilines is 2. The molecule has 3 aromatic rings. The van der Waals surface area contributed by atoms with Crippen molar-refractivity contribution < 1.29 is 22.9 Å². The average molecular weight is 488 g/mol. The van der Waals surface area contributed by atoms with E-state index in [1.54, 1.807) is 48.9 Å². The van der Waals surface area contributed by atoms with Crippen LogP contribution in [0.4, 0.5) is 17.1 Å². The molecule has 1 heterocycles. The Labute approximate surface area is 196 Å². The molecule has 1 aromatic heterocycles. The highest BCUT2D eigenvalue weighted by Crippen LogP contribution is 2.29. The molecule has 3 rings (SSSR count). The van der Waals surface area contributed by atoms with Gasteiger partial charge in [-0.05, 0) is 50.6 Å². The molecule has 11 nitrogen and oxygen atoms in total. The van der Waals surface area contributed by atoms with Gasteiger partial charge in [-0.3, -0.25) is 24.3 Å². The number of nitrogens with zero attached hydrogens (tertiary/aromatic N) is 3. The van der Waals surface area contributed by atoms with Gasteiger partial charge < -0.3 is 10.1 Å². The highest BCUT2D eigenvalue weighted by molar-refractivity contribution is 7.92. The fourth-order valence-electron chi connectivity index (χ4n) is 3.34. The molecule has 0 radical (unpaired) electrons. The van der Waals surface area contributed by atoms with Gasteiger partial charge in [0, 0.05) is 17.3 Å². The molecule has 0 saturated heterocycles.